The maximum absolute atomic E-state index is 13.3. The zero-order valence-electron chi connectivity index (χ0n) is 17.0. The fraction of sp³-hybridized carbons (Fsp3) is 0.375. The number of carbonyl (C=O) groups is 1. The first-order chi connectivity index (χ1) is 13.5. The van der Waals surface area contributed by atoms with Gasteiger partial charge >= 0.3 is 0 Å². The summed E-state index contributed by atoms with van der Waals surface area (Å²) in [6.07, 6.45) is 0. The SMILES string of the molecule is CCN(CC)CCOc1ccc2c(c1)C(C)(C)c1sc3ccccc3c1C2=O. The molecule has 1 heterocycles. The zero-order valence-corrected chi connectivity index (χ0v) is 17.9. The van der Waals surface area contributed by atoms with Crippen LogP contribution in [0.5, 0.6) is 5.75 Å². The highest BCUT2D eigenvalue weighted by atomic mass is 32.1. The fourth-order valence-electron chi connectivity index (χ4n) is 4.13. The molecular formula is C24H27NO2S. The van der Waals surface area contributed by atoms with Gasteiger partial charge in [0.25, 0.3) is 0 Å². The summed E-state index contributed by atoms with van der Waals surface area (Å²) in [7, 11) is 0. The number of carbonyl (C=O) groups excluding carboxylic acids is 1. The van der Waals surface area contributed by atoms with Gasteiger partial charge in [-0.05, 0) is 42.9 Å². The molecule has 0 N–H and O–H groups in total. The van der Waals surface area contributed by atoms with Gasteiger partial charge in [-0.1, -0.05) is 45.9 Å². The van der Waals surface area contributed by atoms with Crippen LogP contribution in [-0.4, -0.2) is 36.9 Å². The molecule has 4 heteroatoms. The van der Waals surface area contributed by atoms with Gasteiger partial charge in [0.05, 0.1) is 0 Å². The van der Waals surface area contributed by atoms with Gasteiger partial charge in [0.15, 0.2) is 5.78 Å². The van der Waals surface area contributed by atoms with E-state index in [0.717, 1.165) is 52.3 Å². The smallest absolute Gasteiger partial charge is 0.195 e. The van der Waals surface area contributed by atoms with Crippen molar-refractivity contribution in [3.05, 3.63) is 64.0 Å². The van der Waals surface area contributed by atoms with Gasteiger partial charge in [-0.25, -0.2) is 0 Å². The molecule has 4 rings (SSSR count). The lowest BCUT2D eigenvalue weighted by molar-refractivity contribution is 0.103. The maximum atomic E-state index is 13.3. The van der Waals surface area contributed by atoms with Crippen molar-refractivity contribution >= 4 is 27.2 Å². The summed E-state index contributed by atoms with van der Waals surface area (Å²) >= 11 is 1.74. The van der Waals surface area contributed by atoms with E-state index >= 15 is 0 Å². The molecule has 146 valence electrons. The van der Waals surface area contributed by atoms with E-state index in [1.54, 1.807) is 11.3 Å². The van der Waals surface area contributed by atoms with E-state index in [9.17, 15) is 4.79 Å². The molecule has 0 amide bonds. The Labute approximate surface area is 170 Å². The Kier molecular flexibility index (Phi) is 5.02. The number of hydrogen-bond donors (Lipinski definition) is 0. The van der Waals surface area contributed by atoms with E-state index < -0.39 is 0 Å². The van der Waals surface area contributed by atoms with Crippen molar-refractivity contribution in [3.8, 4) is 5.75 Å². The van der Waals surface area contributed by atoms with Crippen LogP contribution in [0, 0.1) is 0 Å². The molecule has 0 spiro atoms. The summed E-state index contributed by atoms with van der Waals surface area (Å²) in [5, 5.41) is 1.07. The average Bonchev–Trinajstić information content (AvgIpc) is 3.11. The number of ether oxygens (including phenoxy) is 1. The van der Waals surface area contributed by atoms with Gasteiger partial charge < -0.3 is 9.64 Å². The number of fused-ring (bicyclic) bond motifs is 4. The number of benzene rings is 2. The van der Waals surface area contributed by atoms with Crippen LogP contribution < -0.4 is 4.74 Å². The van der Waals surface area contributed by atoms with Crippen molar-refractivity contribution in [2.24, 2.45) is 0 Å². The molecular weight excluding hydrogens is 366 g/mol. The topological polar surface area (TPSA) is 29.5 Å². The quantitative estimate of drug-likeness (QED) is 0.554. The van der Waals surface area contributed by atoms with Crippen LogP contribution in [0.1, 0.15) is 54.1 Å². The van der Waals surface area contributed by atoms with Crippen molar-refractivity contribution in [1.82, 2.24) is 4.90 Å². The van der Waals surface area contributed by atoms with Crippen LogP contribution in [0.15, 0.2) is 42.5 Å². The van der Waals surface area contributed by atoms with E-state index in [1.165, 1.54) is 4.70 Å². The molecule has 3 nitrogen and oxygen atoms in total. The monoisotopic (exact) mass is 393 g/mol. The first-order valence-corrected chi connectivity index (χ1v) is 10.8. The molecule has 1 aromatic heterocycles. The molecule has 0 aliphatic heterocycles. The molecule has 0 unspecified atom stereocenters. The first-order valence-electron chi connectivity index (χ1n) is 10.0. The van der Waals surface area contributed by atoms with Crippen molar-refractivity contribution in [3.63, 3.8) is 0 Å². The minimum Gasteiger partial charge on any atom is -0.492 e. The highest BCUT2D eigenvalue weighted by molar-refractivity contribution is 7.19. The lowest BCUT2D eigenvalue weighted by Gasteiger charge is -2.32. The number of thiophene rings is 1. The zero-order chi connectivity index (χ0) is 19.9. The van der Waals surface area contributed by atoms with Gasteiger partial charge in [-0.15, -0.1) is 11.3 Å². The van der Waals surface area contributed by atoms with Crippen LogP contribution in [0.3, 0.4) is 0 Å². The second-order valence-electron chi connectivity index (χ2n) is 7.84. The molecule has 28 heavy (non-hydrogen) atoms. The summed E-state index contributed by atoms with van der Waals surface area (Å²) in [6, 6.07) is 14.2. The summed E-state index contributed by atoms with van der Waals surface area (Å²) in [5.41, 5.74) is 2.53. The second-order valence-corrected chi connectivity index (χ2v) is 8.89. The summed E-state index contributed by atoms with van der Waals surface area (Å²) < 4.78 is 7.21. The molecule has 0 saturated carbocycles. The summed E-state index contributed by atoms with van der Waals surface area (Å²) in [6.45, 7) is 12.4. The summed E-state index contributed by atoms with van der Waals surface area (Å²) in [5.74, 6) is 0.979. The van der Waals surface area contributed by atoms with Crippen LogP contribution in [0.4, 0.5) is 0 Å². The largest absolute Gasteiger partial charge is 0.492 e. The minimum atomic E-state index is -0.222. The number of hydrogen-bond acceptors (Lipinski definition) is 4. The van der Waals surface area contributed by atoms with Gasteiger partial charge in [0.2, 0.25) is 0 Å². The van der Waals surface area contributed by atoms with Crippen LogP contribution >= 0.6 is 11.3 Å². The van der Waals surface area contributed by atoms with Crippen molar-refractivity contribution < 1.29 is 9.53 Å². The molecule has 1 aliphatic carbocycles. The predicted octanol–water partition coefficient (Wildman–Crippen LogP) is 5.49. The third-order valence-electron chi connectivity index (χ3n) is 5.87. The van der Waals surface area contributed by atoms with Crippen molar-refractivity contribution in [2.75, 3.05) is 26.2 Å². The summed E-state index contributed by atoms with van der Waals surface area (Å²) in [4.78, 5) is 16.8. The van der Waals surface area contributed by atoms with Crippen LogP contribution in [-0.2, 0) is 5.41 Å². The normalized spacial score (nSPS) is 15.0. The Morgan fingerprint density at radius 1 is 1.07 bits per heavy atom. The molecule has 0 atom stereocenters. The molecule has 3 aromatic rings. The van der Waals surface area contributed by atoms with Crippen LogP contribution in [0.25, 0.3) is 10.1 Å². The van der Waals surface area contributed by atoms with Crippen molar-refractivity contribution in [1.29, 1.82) is 0 Å². The standard InChI is InChI=1S/C24H27NO2S/c1-5-25(6-2)13-14-27-16-11-12-17-19(15-16)24(3,4)23-21(22(17)26)18-9-7-8-10-20(18)28-23/h7-12,15H,5-6,13-14H2,1-4H3. The average molecular weight is 394 g/mol. The number of likely N-dealkylation sites (N-methyl/N-ethyl adjacent to an activating group) is 1. The predicted molar refractivity (Wildman–Crippen MR) is 117 cm³/mol. The molecule has 0 fully saturated rings. The molecule has 2 aromatic carbocycles. The Hall–Kier alpha value is -2.17. The third kappa shape index (κ3) is 3.05. The van der Waals surface area contributed by atoms with Crippen LogP contribution in [0.2, 0.25) is 0 Å². The highest BCUT2D eigenvalue weighted by Gasteiger charge is 2.39. The van der Waals surface area contributed by atoms with E-state index in [1.807, 2.05) is 24.3 Å². The Morgan fingerprint density at radius 3 is 2.57 bits per heavy atom. The highest BCUT2D eigenvalue weighted by Crippen LogP contribution is 2.48. The molecule has 0 saturated heterocycles. The van der Waals surface area contributed by atoms with E-state index in [0.29, 0.717) is 6.61 Å². The minimum absolute atomic E-state index is 0.136. The fourth-order valence-corrected chi connectivity index (χ4v) is 5.45. The van der Waals surface area contributed by atoms with Gasteiger partial charge in [-0.3, -0.25) is 4.79 Å². The van der Waals surface area contributed by atoms with E-state index in [2.05, 4.69) is 50.8 Å². The Balaban J connectivity index is 1.69. The second kappa shape index (κ2) is 7.34. The van der Waals surface area contributed by atoms with E-state index in [4.69, 9.17) is 4.74 Å². The van der Waals surface area contributed by atoms with Gasteiger partial charge in [0, 0.05) is 38.0 Å². The maximum Gasteiger partial charge on any atom is 0.195 e. The molecule has 0 radical (unpaired) electrons. The Morgan fingerprint density at radius 2 is 1.82 bits per heavy atom. The third-order valence-corrected chi connectivity index (χ3v) is 7.36. The Bertz CT molecular complexity index is 1030. The lowest BCUT2D eigenvalue weighted by atomic mass is 9.72. The lowest BCUT2D eigenvalue weighted by Crippen LogP contribution is -2.29. The van der Waals surface area contributed by atoms with Gasteiger partial charge in [-0.2, -0.15) is 0 Å². The van der Waals surface area contributed by atoms with E-state index in [-0.39, 0.29) is 11.2 Å². The molecule has 1 aliphatic rings. The van der Waals surface area contributed by atoms with Crippen molar-refractivity contribution in [2.45, 2.75) is 33.1 Å². The number of nitrogens with zero attached hydrogens (tertiary/aromatic N) is 1. The first kappa shape index (κ1) is 19.2. The number of rotatable bonds is 6. The number of ketones is 1. The molecule has 0 bridgehead atoms. The van der Waals surface area contributed by atoms with Gasteiger partial charge in [0.1, 0.15) is 12.4 Å².